The third-order valence-electron chi connectivity index (χ3n) is 10.0. The van der Waals surface area contributed by atoms with Crippen LogP contribution in [-0.4, -0.2) is 88.0 Å². The number of nitrogens with zero attached hydrogens (tertiary/aromatic N) is 1. The van der Waals surface area contributed by atoms with Crippen LogP contribution in [0.2, 0.25) is 0 Å². The van der Waals surface area contributed by atoms with E-state index in [4.69, 9.17) is 0 Å². The normalized spacial score (nSPS) is 21.8. The van der Waals surface area contributed by atoms with Crippen molar-refractivity contribution in [1.29, 1.82) is 0 Å². The predicted octanol–water partition coefficient (Wildman–Crippen LogP) is 3.13. The van der Waals surface area contributed by atoms with Gasteiger partial charge in [-0.25, -0.2) is 0 Å². The highest BCUT2D eigenvalue weighted by Crippen LogP contribution is 2.29. The van der Waals surface area contributed by atoms with Gasteiger partial charge < -0.3 is 31.5 Å². The van der Waals surface area contributed by atoms with E-state index in [9.17, 15) is 33.6 Å². The zero-order valence-corrected chi connectivity index (χ0v) is 31.2. The highest BCUT2D eigenvalue weighted by Gasteiger charge is 2.44. The Kier molecular flexibility index (Phi) is 14.1. The van der Waals surface area contributed by atoms with Gasteiger partial charge in [0, 0.05) is 12.3 Å². The van der Waals surface area contributed by atoms with Crippen LogP contribution in [0, 0.1) is 11.3 Å². The maximum atomic E-state index is 14.3. The number of benzene rings is 1. The number of carbonyl (C=O) groups excluding carboxylic acids is 7. The molecule has 2 saturated heterocycles. The number of thioether (sulfide) groups is 1. The van der Waals surface area contributed by atoms with E-state index < -0.39 is 77.0 Å². The molecule has 0 bridgehead atoms. The summed E-state index contributed by atoms with van der Waals surface area (Å²) in [6, 6.07) is 4.20. The largest absolute Gasteiger partial charge is 0.344 e. The summed E-state index contributed by atoms with van der Waals surface area (Å²) in [5.41, 5.74) is 0.0751. The van der Waals surface area contributed by atoms with Crippen LogP contribution < -0.4 is 26.6 Å². The summed E-state index contributed by atoms with van der Waals surface area (Å²) < 4.78 is 0. The van der Waals surface area contributed by atoms with E-state index in [1.54, 1.807) is 6.92 Å². The van der Waals surface area contributed by atoms with Crippen molar-refractivity contribution < 1.29 is 33.6 Å². The molecule has 6 atom stereocenters. The summed E-state index contributed by atoms with van der Waals surface area (Å²) in [7, 11) is 0. The highest BCUT2D eigenvalue weighted by atomic mass is 32.2. The van der Waals surface area contributed by atoms with Gasteiger partial charge in [-0.3, -0.25) is 33.6 Å². The van der Waals surface area contributed by atoms with Gasteiger partial charge in [0.1, 0.15) is 24.2 Å². The monoisotopic (exact) mass is 726 g/mol. The minimum Gasteiger partial charge on any atom is -0.344 e. The second-order valence-electron chi connectivity index (χ2n) is 15.0. The molecule has 13 nitrogen and oxygen atoms in total. The van der Waals surface area contributed by atoms with Gasteiger partial charge in [0.15, 0.2) is 0 Å². The van der Waals surface area contributed by atoms with Gasteiger partial charge in [0.25, 0.3) is 11.1 Å². The minimum absolute atomic E-state index is 0.130. The SMILES string of the molecule is CCCC(NC(=O)[C@@H]1CCCN1C(=O)[C@@H](NC(=O)[C@@H](NC(=O)C1CSC(=O)N1)C1CCCCC1)C(C)(C)C)C(=O)C(=O)N[C@@H](C)c1ccccc1. The Morgan fingerprint density at radius 1 is 0.902 bits per heavy atom. The number of nitrogens with one attached hydrogen (secondary N) is 5. The van der Waals surface area contributed by atoms with Crippen molar-refractivity contribution in [3.63, 3.8) is 0 Å². The van der Waals surface area contributed by atoms with Gasteiger partial charge in [-0.05, 0) is 55.9 Å². The lowest BCUT2D eigenvalue weighted by Crippen LogP contribution is -2.62. The lowest BCUT2D eigenvalue weighted by Gasteiger charge is -2.37. The van der Waals surface area contributed by atoms with Crippen LogP contribution in [0.5, 0.6) is 0 Å². The lowest BCUT2D eigenvalue weighted by atomic mass is 9.82. The first-order valence-corrected chi connectivity index (χ1v) is 19.2. The van der Waals surface area contributed by atoms with Crippen LogP contribution in [0.15, 0.2) is 30.3 Å². The Balaban J connectivity index is 1.46. The Hall–Kier alpha value is -3.94. The Labute approximate surface area is 304 Å². The number of rotatable bonds is 14. The van der Waals surface area contributed by atoms with E-state index in [0.717, 1.165) is 49.4 Å². The maximum Gasteiger partial charge on any atom is 0.290 e. The number of likely N-dealkylation sites (tertiary alicyclic amines) is 1. The zero-order chi connectivity index (χ0) is 37.3. The van der Waals surface area contributed by atoms with Crippen molar-refractivity contribution >= 4 is 52.3 Å². The average Bonchev–Trinajstić information content (AvgIpc) is 3.78. The summed E-state index contributed by atoms with van der Waals surface area (Å²) in [6.45, 7) is 9.38. The Morgan fingerprint density at radius 2 is 1.59 bits per heavy atom. The molecule has 3 fully saturated rings. The molecule has 5 N–H and O–H groups in total. The summed E-state index contributed by atoms with van der Waals surface area (Å²) >= 11 is 1.02. The fourth-order valence-electron chi connectivity index (χ4n) is 7.07. The van der Waals surface area contributed by atoms with Crippen molar-refractivity contribution in [3.8, 4) is 0 Å². The van der Waals surface area contributed by atoms with E-state index in [1.807, 2.05) is 58.0 Å². The van der Waals surface area contributed by atoms with Gasteiger partial charge in [-0.2, -0.15) is 0 Å². The van der Waals surface area contributed by atoms with E-state index in [2.05, 4.69) is 26.6 Å². The van der Waals surface area contributed by atoms with Gasteiger partial charge in [0.05, 0.1) is 12.1 Å². The molecule has 2 heterocycles. The predicted molar refractivity (Wildman–Crippen MR) is 194 cm³/mol. The molecule has 1 aromatic carbocycles. The van der Waals surface area contributed by atoms with Crippen LogP contribution in [-0.2, 0) is 28.8 Å². The molecular weight excluding hydrogens is 673 g/mol. The van der Waals surface area contributed by atoms with Crippen molar-refractivity contribution in [2.45, 2.75) is 129 Å². The number of amides is 6. The van der Waals surface area contributed by atoms with Crippen LogP contribution in [0.1, 0.15) is 104 Å². The molecule has 0 spiro atoms. The number of ketones is 1. The van der Waals surface area contributed by atoms with Crippen LogP contribution in [0.25, 0.3) is 0 Å². The van der Waals surface area contributed by atoms with Crippen molar-refractivity contribution in [1.82, 2.24) is 31.5 Å². The second kappa shape index (κ2) is 18.0. The van der Waals surface area contributed by atoms with Crippen molar-refractivity contribution in [2.75, 3.05) is 12.3 Å². The molecule has 0 radical (unpaired) electrons. The number of carbonyl (C=O) groups is 7. The summed E-state index contributed by atoms with van der Waals surface area (Å²) in [5.74, 6) is -3.29. The Bertz CT molecular complexity index is 1440. The molecule has 1 aromatic rings. The minimum atomic E-state index is -1.07. The molecule has 2 unspecified atom stereocenters. The number of hydrogen-bond donors (Lipinski definition) is 5. The van der Waals surface area contributed by atoms with Crippen LogP contribution >= 0.6 is 11.8 Å². The first-order valence-electron chi connectivity index (χ1n) is 18.3. The molecule has 2 aliphatic heterocycles. The zero-order valence-electron chi connectivity index (χ0n) is 30.4. The molecular formula is C37H54N6O7S. The first kappa shape index (κ1) is 39.8. The summed E-state index contributed by atoms with van der Waals surface area (Å²) in [5, 5.41) is 13.6. The van der Waals surface area contributed by atoms with Gasteiger partial charge >= 0.3 is 0 Å². The van der Waals surface area contributed by atoms with E-state index in [-0.39, 0.29) is 29.9 Å². The topological polar surface area (TPSA) is 183 Å². The van der Waals surface area contributed by atoms with Gasteiger partial charge in [-0.1, -0.05) is 95.5 Å². The van der Waals surface area contributed by atoms with Gasteiger partial charge in [0.2, 0.25) is 29.4 Å². The fraction of sp³-hybridized carbons (Fsp3) is 0.649. The molecule has 0 aromatic heterocycles. The van der Waals surface area contributed by atoms with E-state index in [1.165, 1.54) is 4.90 Å². The molecule has 14 heteroatoms. The molecule has 3 aliphatic rings. The molecule has 51 heavy (non-hydrogen) atoms. The molecule has 1 aliphatic carbocycles. The standard InChI is InChI=1S/C37H54N6O7S/c1-6-14-25(29(44)34(48)38-22(2)23-15-9-7-10-16-23)39-32(46)27-19-13-20-43(27)35(49)30(37(3,4)5)42-33(47)28(24-17-11-8-12-18-24)41-31(45)26-21-51-36(50)40-26/h7,9-10,15-16,22,24-28,30H,6,8,11-14,17-21H2,1-5H3,(H,38,48)(H,39,46)(H,40,50)(H,41,45)(H,42,47)/t22-,25?,26?,27-,28-,30+/m0/s1. The van der Waals surface area contributed by atoms with Crippen molar-refractivity contribution in [3.05, 3.63) is 35.9 Å². The summed E-state index contributed by atoms with van der Waals surface area (Å²) in [4.78, 5) is 94.7. The smallest absolute Gasteiger partial charge is 0.290 e. The summed E-state index contributed by atoms with van der Waals surface area (Å²) in [6.07, 6.45) is 6.05. The van der Waals surface area contributed by atoms with Gasteiger partial charge in [-0.15, -0.1) is 0 Å². The van der Waals surface area contributed by atoms with Crippen molar-refractivity contribution in [2.24, 2.45) is 11.3 Å². The molecule has 4 rings (SSSR count). The highest BCUT2D eigenvalue weighted by molar-refractivity contribution is 8.14. The van der Waals surface area contributed by atoms with E-state index in [0.29, 0.717) is 19.3 Å². The quantitative estimate of drug-likeness (QED) is 0.181. The maximum absolute atomic E-state index is 14.3. The molecule has 1 saturated carbocycles. The molecule has 6 amide bonds. The lowest BCUT2D eigenvalue weighted by molar-refractivity contribution is -0.145. The first-order chi connectivity index (χ1) is 24.2. The number of Topliss-reactive ketones (excluding diaryl/α,β-unsaturated/α-hetero) is 1. The van der Waals surface area contributed by atoms with Crippen LogP contribution in [0.3, 0.4) is 0 Å². The average molecular weight is 727 g/mol. The Morgan fingerprint density at radius 3 is 2.20 bits per heavy atom. The third-order valence-corrected chi connectivity index (χ3v) is 10.9. The molecule has 280 valence electrons. The van der Waals surface area contributed by atoms with E-state index >= 15 is 0 Å². The number of hydrogen-bond acceptors (Lipinski definition) is 8. The fourth-order valence-corrected chi connectivity index (χ4v) is 7.85. The second-order valence-corrected chi connectivity index (χ2v) is 16.0. The third kappa shape index (κ3) is 10.6. The van der Waals surface area contributed by atoms with Crippen LogP contribution in [0.4, 0.5) is 4.79 Å².